The van der Waals surface area contributed by atoms with Crippen molar-refractivity contribution < 1.29 is 19.1 Å². The second-order valence-electron chi connectivity index (χ2n) is 8.62. The van der Waals surface area contributed by atoms with Gasteiger partial charge in [0.15, 0.2) is 5.78 Å². The molecule has 0 saturated heterocycles. The van der Waals surface area contributed by atoms with Crippen molar-refractivity contribution in [3.05, 3.63) is 94.5 Å². The van der Waals surface area contributed by atoms with Gasteiger partial charge < -0.3 is 4.74 Å². The standard InChI is InChI=1S/C29H28O4/c1-4-15-29(16-5-2)24-17-20(26(30)19-9-7-6-8-10-19)11-13-22(24)23-14-12-21(18-25(23)29)27(31)28(32)33-3/h6-14,17-18H,4-5,15-16H2,1-3H3. The highest BCUT2D eigenvalue weighted by molar-refractivity contribution is 6.40. The normalized spacial score (nSPS) is 13.2. The summed E-state index contributed by atoms with van der Waals surface area (Å²) in [6.07, 6.45) is 3.68. The summed E-state index contributed by atoms with van der Waals surface area (Å²) in [4.78, 5) is 37.6. The molecule has 168 valence electrons. The van der Waals surface area contributed by atoms with Gasteiger partial charge in [0, 0.05) is 22.1 Å². The first-order chi connectivity index (χ1) is 16.0. The lowest BCUT2D eigenvalue weighted by Crippen LogP contribution is -2.26. The summed E-state index contributed by atoms with van der Waals surface area (Å²) in [7, 11) is 1.22. The molecule has 0 radical (unpaired) electrons. The van der Waals surface area contributed by atoms with E-state index in [0.717, 1.165) is 47.9 Å². The number of ketones is 2. The maximum absolute atomic E-state index is 13.2. The number of benzene rings is 3. The number of carbonyl (C=O) groups excluding carboxylic acids is 3. The molecular formula is C29H28O4. The van der Waals surface area contributed by atoms with Gasteiger partial charge in [0.05, 0.1) is 7.11 Å². The van der Waals surface area contributed by atoms with Gasteiger partial charge in [-0.15, -0.1) is 0 Å². The smallest absolute Gasteiger partial charge is 0.379 e. The lowest BCUT2D eigenvalue weighted by molar-refractivity contribution is -0.135. The van der Waals surface area contributed by atoms with E-state index in [2.05, 4.69) is 18.6 Å². The topological polar surface area (TPSA) is 60.4 Å². The van der Waals surface area contributed by atoms with Crippen LogP contribution in [0.15, 0.2) is 66.7 Å². The molecule has 0 spiro atoms. The van der Waals surface area contributed by atoms with Crippen molar-refractivity contribution in [2.24, 2.45) is 0 Å². The van der Waals surface area contributed by atoms with Crippen molar-refractivity contribution in [3.63, 3.8) is 0 Å². The summed E-state index contributed by atoms with van der Waals surface area (Å²) >= 11 is 0. The molecular weight excluding hydrogens is 412 g/mol. The van der Waals surface area contributed by atoms with Crippen molar-refractivity contribution in [2.45, 2.75) is 44.9 Å². The summed E-state index contributed by atoms with van der Waals surface area (Å²) in [5.74, 6) is -1.51. The minimum absolute atomic E-state index is 0.00203. The fourth-order valence-electron chi connectivity index (χ4n) is 5.26. The van der Waals surface area contributed by atoms with Crippen LogP contribution in [0.3, 0.4) is 0 Å². The quantitative estimate of drug-likeness (QED) is 0.240. The summed E-state index contributed by atoms with van der Waals surface area (Å²) < 4.78 is 4.65. The Bertz CT molecular complexity index is 1220. The monoisotopic (exact) mass is 440 g/mol. The molecule has 0 unspecified atom stereocenters. The number of carbonyl (C=O) groups is 3. The molecule has 0 aromatic heterocycles. The van der Waals surface area contributed by atoms with Crippen LogP contribution in [0.2, 0.25) is 0 Å². The van der Waals surface area contributed by atoms with Crippen molar-refractivity contribution in [1.82, 2.24) is 0 Å². The molecule has 0 bridgehead atoms. The Balaban J connectivity index is 1.89. The number of rotatable bonds is 8. The average Bonchev–Trinajstić information content (AvgIpc) is 3.12. The van der Waals surface area contributed by atoms with E-state index in [-0.39, 0.29) is 11.2 Å². The third-order valence-corrected chi connectivity index (χ3v) is 6.65. The van der Waals surface area contributed by atoms with Crippen molar-refractivity contribution in [1.29, 1.82) is 0 Å². The molecule has 0 aliphatic heterocycles. The zero-order valence-electron chi connectivity index (χ0n) is 19.3. The average molecular weight is 441 g/mol. The highest BCUT2D eigenvalue weighted by Gasteiger charge is 2.42. The third-order valence-electron chi connectivity index (χ3n) is 6.65. The first-order valence-electron chi connectivity index (χ1n) is 11.5. The van der Waals surface area contributed by atoms with E-state index in [1.165, 1.54) is 7.11 Å². The molecule has 0 atom stereocenters. The van der Waals surface area contributed by atoms with Crippen LogP contribution < -0.4 is 0 Å². The number of hydrogen-bond acceptors (Lipinski definition) is 4. The van der Waals surface area contributed by atoms with Crippen LogP contribution in [-0.2, 0) is 14.9 Å². The minimum atomic E-state index is -0.863. The summed E-state index contributed by atoms with van der Waals surface area (Å²) in [5.41, 5.74) is 5.69. The summed E-state index contributed by atoms with van der Waals surface area (Å²) in [6.45, 7) is 4.30. The van der Waals surface area contributed by atoms with E-state index in [1.54, 1.807) is 6.07 Å². The van der Waals surface area contributed by atoms with E-state index in [1.807, 2.05) is 60.7 Å². The van der Waals surface area contributed by atoms with Crippen LogP contribution >= 0.6 is 0 Å². The van der Waals surface area contributed by atoms with Crippen molar-refractivity contribution >= 4 is 17.5 Å². The molecule has 33 heavy (non-hydrogen) atoms. The van der Waals surface area contributed by atoms with E-state index < -0.39 is 11.8 Å². The van der Waals surface area contributed by atoms with E-state index in [9.17, 15) is 14.4 Å². The summed E-state index contributed by atoms with van der Waals surface area (Å²) in [5, 5.41) is 0. The van der Waals surface area contributed by atoms with Gasteiger partial charge in [0.2, 0.25) is 0 Å². The fraction of sp³-hybridized carbons (Fsp3) is 0.276. The van der Waals surface area contributed by atoms with Crippen molar-refractivity contribution in [3.8, 4) is 11.1 Å². The van der Waals surface area contributed by atoms with Crippen LogP contribution in [0.1, 0.15) is 76.9 Å². The van der Waals surface area contributed by atoms with Gasteiger partial charge >= 0.3 is 5.97 Å². The molecule has 0 fully saturated rings. The van der Waals surface area contributed by atoms with Crippen LogP contribution in [0, 0.1) is 0 Å². The maximum atomic E-state index is 13.2. The van der Waals surface area contributed by atoms with E-state index >= 15 is 0 Å². The van der Waals surface area contributed by atoms with E-state index in [0.29, 0.717) is 16.7 Å². The predicted molar refractivity (Wildman–Crippen MR) is 129 cm³/mol. The number of Topliss-reactive ketones (excluding diaryl/α,β-unsaturated/α-hetero) is 1. The van der Waals surface area contributed by atoms with Crippen LogP contribution in [0.4, 0.5) is 0 Å². The highest BCUT2D eigenvalue weighted by atomic mass is 16.5. The molecule has 0 N–H and O–H groups in total. The SMILES string of the molecule is CCCC1(CCC)c2cc(C(=O)C(=O)OC)ccc2-c2ccc(C(=O)c3ccccc3)cc21. The van der Waals surface area contributed by atoms with Gasteiger partial charge in [-0.1, -0.05) is 81.3 Å². The Labute approximate surface area is 194 Å². The van der Waals surface area contributed by atoms with Gasteiger partial charge in [-0.3, -0.25) is 9.59 Å². The lowest BCUT2D eigenvalue weighted by Gasteiger charge is -2.32. The third kappa shape index (κ3) is 3.80. The van der Waals surface area contributed by atoms with E-state index in [4.69, 9.17) is 0 Å². The molecule has 0 amide bonds. The van der Waals surface area contributed by atoms with Crippen molar-refractivity contribution in [2.75, 3.05) is 7.11 Å². The Morgan fingerprint density at radius 2 is 1.27 bits per heavy atom. The Kier molecular flexibility index (Phi) is 6.28. The zero-order chi connectivity index (χ0) is 23.6. The molecule has 0 heterocycles. The number of ether oxygens (including phenoxy) is 1. The number of fused-ring (bicyclic) bond motifs is 3. The molecule has 4 heteroatoms. The number of esters is 1. The largest absolute Gasteiger partial charge is 0.463 e. The molecule has 3 aromatic carbocycles. The Morgan fingerprint density at radius 3 is 1.82 bits per heavy atom. The second kappa shape index (κ2) is 9.14. The number of methoxy groups -OCH3 is 1. The molecule has 1 aliphatic rings. The Hall–Kier alpha value is -3.53. The second-order valence-corrected chi connectivity index (χ2v) is 8.62. The fourth-order valence-corrected chi connectivity index (χ4v) is 5.26. The van der Waals surface area contributed by atoms with Crippen LogP contribution in [0.25, 0.3) is 11.1 Å². The van der Waals surface area contributed by atoms with Gasteiger partial charge in [-0.2, -0.15) is 0 Å². The van der Waals surface area contributed by atoms with Crippen LogP contribution in [-0.4, -0.2) is 24.6 Å². The van der Waals surface area contributed by atoms with Gasteiger partial charge in [0.25, 0.3) is 5.78 Å². The molecule has 3 aromatic rings. The highest BCUT2D eigenvalue weighted by Crippen LogP contribution is 2.54. The summed E-state index contributed by atoms with van der Waals surface area (Å²) in [6, 6.07) is 20.7. The molecule has 4 nitrogen and oxygen atoms in total. The molecule has 1 aliphatic carbocycles. The minimum Gasteiger partial charge on any atom is -0.463 e. The van der Waals surface area contributed by atoms with Gasteiger partial charge in [0.1, 0.15) is 0 Å². The number of hydrogen-bond donors (Lipinski definition) is 0. The maximum Gasteiger partial charge on any atom is 0.379 e. The first-order valence-corrected chi connectivity index (χ1v) is 11.5. The molecule has 4 rings (SSSR count). The first kappa shape index (κ1) is 22.7. The van der Waals surface area contributed by atoms with Gasteiger partial charge in [-0.25, -0.2) is 4.79 Å². The van der Waals surface area contributed by atoms with Crippen LogP contribution in [0.5, 0.6) is 0 Å². The molecule has 0 saturated carbocycles. The predicted octanol–water partition coefficient (Wildman–Crippen LogP) is 6.14. The Morgan fingerprint density at radius 1 is 0.727 bits per heavy atom. The lowest BCUT2D eigenvalue weighted by atomic mass is 9.71. The van der Waals surface area contributed by atoms with Gasteiger partial charge in [-0.05, 0) is 47.2 Å². The zero-order valence-corrected chi connectivity index (χ0v) is 19.3.